The number of hydrogen-bond donors (Lipinski definition) is 1. The molecule has 0 unspecified atom stereocenters. The molecular weight excluding hydrogens is 298 g/mol. The molecule has 1 N–H and O–H groups in total. The topological polar surface area (TPSA) is 12.0 Å². The molecule has 19 heavy (non-hydrogen) atoms. The summed E-state index contributed by atoms with van der Waals surface area (Å²) in [6.45, 7) is 9.09. The van der Waals surface area contributed by atoms with Crippen molar-refractivity contribution in [2.24, 2.45) is 11.8 Å². The third-order valence-corrected chi connectivity index (χ3v) is 5.09. The van der Waals surface area contributed by atoms with Gasteiger partial charge in [0.15, 0.2) is 0 Å². The van der Waals surface area contributed by atoms with E-state index >= 15 is 0 Å². The number of benzene rings is 1. The summed E-state index contributed by atoms with van der Waals surface area (Å²) in [5.41, 5.74) is 1.85. The van der Waals surface area contributed by atoms with Crippen LogP contribution in [0.4, 0.5) is 0 Å². The van der Waals surface area contributed by atoms with Gasteiger partial charge < -0.3 is 5.32 Å². The zero-order valence-electron chi connectivity index (χ0n) is 12.4. The lowest BCUT2D eigenvalue weighted by atomic mass is 9.58. The Morgan fingerprint density at radius 2 is 2.00 bits per heavy atom. The molecule has 106 valence electrons. The molecule has 0 aromatic heterocycles. The van der Waals surface area contributed by atoms with E-state index < -0.39 is 0 Å². The van der Waals surface area contributed by atoms with Crippen LogP contribution in [0.5, 0.6) is 0 Å². The second kappa shape index (κ2) is 6.41. The molecule has 2 heteroatoms. The summed E-state index contributed by atoms with van der Waals surface area (Å²) in [5.74, 6) is 1.63. The highest BCUT2D eigenvalue weighted by molar-refractivity contribution is 9.10. The first kappa shape index (κ1) is 15.1. The summed E-state index contributed by atoms with van der Waals surface area (Å²) in [5, 5.41) is 3.68. The Kier molecular flexibility index (Phi) is 5.08. The van der Waals surface area contributed by atoms with Crippen LogP contribution in [-0.4, -0.2) is 13.1 Å². The average Bonchev–Trinajstić information content (AvgIpc) is 2.33. The predicted octanol–water partition coefficient (Wildman–Crippen LogP) is 4.75. The number of halogens is 1. The first-order valence-corrected chi connectivity index (χ1v) is 8.32. The van der Waals surface area contributed by atoms with Gasteiger partial charge in [-0.05, 0) is 42.9 Å². The van der Waals surface area contributed by atoms with E-state index in [1.807, 2.05) is 0 Å². The van der Waals surface area contributed by atoms with Crippen LogP contribution in [0.2, 0.25) is 0 Å². The Morgan fingerprint density at radius 1 is 1.32 bits per heavy atom. The van der Waals surface area contributed by atoms with Gasteiger partial charge in [-0.3, -0.25) is 0 Å². The van der Waals surface area contributed by atoms with Gasteiger partial charge in [0, 0.05) is 16.4 Å². The second-order valence-corrected chi connectivity index (χ2v) is 7.32. The number of nitrogens with one attached hydrogen (secondary N) is 1. The van der Waals surface area contributed by atoms with Gasteiger partial charge in [0.1, 0.15) is 0 Å². The Labute approximate surface area is 126 Å². The standard InChI is InChI=1S/C17H26BrN/c1-4-14-9-17(10-14,12-19-11-13(2)3)15-7-5-6-8-16(15)18/h5-8,13-14,19H,4,9-12H2,1-3H3. The Morgan fingerprint density at radius 3 is 2.58 bits per heavy atom. The van der Waals surface area contributed by atoms with Crippen molar-refractivity contribution in [2.45, 2.75) is 45.4 Å². The minimum absolute atomic E-state index is 0.357. The second-order valence-electron chi connectivity index (χ2n) is 6.47. The fourth-order valence-electron chi connectivity index (χ4n) is 3.28. The Balaban J connectivity index is 2.10. The summed E-state index contributed by atoms with van der Waals surface area (Å²) in [4.78, 5) is 0. The van der Waals surface area contributed by atoms with Gasteiger partial charge in [0.05, 0.1) is 0 Å². The number of rotatable bonds is 6. The van der Waals surface area contributed by atoms with Gasteiger partial charge in [-0.15, -0.1) is 0 Å². The van der Waals surface area contributed by atoms with E-state index in [0.29, 0.717) is 5.41 Å². The van der Waals surface area contributed by atoms with Crippen molar-refractivity contribution in [3.05, 3.63) is 34.3 Å². The SMILES string of the molecule is CCC1CC(CNCC(C)C)(c2ccccc2Br)C1. The van der Waals surface area contributed by atoms with Gasteiger partial charge >= 0.3 is 0 Å². The Hall–Kier alpha value is -0.340. The fraction of sp³-hybridized carbons (Fsp3) is 0.647. The summed E-state index contributed by atoms with van der Waals surface area (Å²) in [7, 11) is 0. The van der Waals surface area contributed by atoms with E-state index in [9.17, 15) is 0 Å². The molecule has 0 saturated heterocycles. The summed E-state index contributed by atoms with van der Waals surface area (Å²) >= 11 is 3.74. The molecule has 0 spiro atoms. The van der Waals surface area contributed by atoms with Gasteiger partial charge in [0.25, 0.3) is 0 Å². The highest BCUT2D eigenvalue weighted by atomic mass is 79.9. The van der Waals surface area contributed by atoms with Gasteiger partial charge in [-0.25, -0.2) is 0 Å². The van der Waals surface area contributed by atoms with Crippen LogP contribution in [0.1, 0.15) is 45.6 Å². The molecule has 0 radical (unpaired) electrons. The van der Waals surface area contributed by atoms with Crippen LogP contribution in [0.3, 0.4) is 0 Å². The van der Waals surface area contributed by atoms with E-state index in [-0.39, 0.29) is 0 Å². The molecule has 1 saturated carbocycles. The highest BCUT2D eigenvalue weighted by Gasteiger charge is 2.44. The molecule has 1 aliphatic carbocycles. The fourth-order valence-corrected chi connectivity index (χ4v) is 3.99. The van der Waals surface area contributed by atoms with Crippen molar-refractivity contribution in [2.75, 3.05) is 13.1 Å². The Bertz CT molecular complexity index is 407. The molecule has 0 bridgehead atoms. The first-order chi connectivity index (χ1) is 9.07. The van der Waals surface area contributed by atoms with E-state index in [1.54, 1.807) is 0 Å². The third kappa shape index (κ3) is 3.41. The van der Waals surface area contributed by atoms with Crippen LogP contribution in [0.25, 0.3) is 0 Å². The molecule has 1 aliphatic rings. The molecule has 1 nitrogen and oxygen atoms in total. The maximum Gasteiger partial charge on any atom is 0.0213 e. The lowest BCUT2D eigenvalue weighted by molar-refractivity contribution is 0.132. The van der Waals surface area contributed by atoms with Gasteiger partial charge in [-0.2, -0.15) is 0 Å². The molecule has 0 heterocycles. The molecule has 1 aromatic carbocycles. The smallest absolute Gasteiger partial charge is 0.0213 e. The predicted molar refractivity (Wildman–Crippen MR) is 86.5 cm³/mol. The summed E-state index contributed by atoms with van der Waals surface area (Å²) < 4.78 is 1.27. The molecule has 0 atom stereocenters. The normalized spacial score (nSPS) is 26.5. The van der Waals surface area contributed by atoms with Crippen LogP contribution >= 0.6 is 15.9 Å². The van der Waals surface area contributed by atoms with E-state index in [2.05, 4.69) is 66.3 Å². The van der Waals surface area contributed by atoms with E-state index in [4.69, 9.17) is 0 Å². The van der Waals surface area contributed by atoms with Crippen LogP contribution in [0, 0.1) is 11.8 Å². The van der Waals surface area contributed by atoms with Crippen molar-refractivity contribution in [3.8, 4) is 0 Å². The highest BCUT2D eigenvalue weighted by Crippen LogP contribution is 2.50. The van der Waals surface area contributed by atoms with Gasteiger partial charge in [0.2, 0.25) is 0 Å². The summed E-state index contributed by atoms with van der Waals surface area (Å²) in [6.07, 6.45) is 3.98. The van der Waals surface area contributed by atoms with Crippen molar-refractivity contribution >= 4 is 15.9 Å². The molecule has 1 fully saturated rings. The van der Waals surface area contributed by atoms with Crippen molar-refractivity contribution in [1.29, 1.82) is 0 Å². The van der Waals surface area contributed by atoms with Crippen LogP contribution in [0.15, 0.2) is 28.7 Å². The number of hydrogen-bond acceptors (Lipinski definition) is 1. The molecule has 0 amide bonds. The van der Waals surface area contributed by atoms with Crippen molar-refractivity contribution in [1.82, 2.24) is 5.32 Å². The zero-order chi connectivity index (χ0) is 13.9. The molecular formula is C17H26BrN. The lowest BCUT2D eigenvalue weighted by Gasteiger charge is -2.49. The van der Waals surface area contributed by atoms with Crippen LogP contribution < -0.4 is 5.32 Å². The average molecular weight is 324 g/mol. The molecule has 2 rings (SSSR count). The van der Waals surface area contributed by atoms with Crippen LogP contribution in [-0.2, 0) is 5.41 Å². The maximum absolute atomic E-state index is 3.74. The maximum atomic E-state index is 3.74. The monoisotopic (exact) mass is 323 g/mol. The zero-order valence-corrected chi connectivity index (χ0v) is 14.0. The van der Waals surface area contributed by atoms with Gasteiger partial charge in [-0.1, -0.05) is 61.3 Å². The quantitative estimate of drug-likeness (QED) is 0.796. The molecule has 1 aromatic rings. The lowest BCUT2D eigenvalue weighted by Crippen LogP contribution is -2.49. The minimum Gasteiger partial charge on any atom is -0.316 e. The summed E-state index contributed by atoms with van der Waals surface area (Å²) in [6, 6.07) is 8.76. The van der Waals surface area contributed by atoms with Crippen molar-refractivity contribution < 1.29 is 0 Å². The van der Waals surface area contributed by atoms with E-state index in [1.165, 1.54) is 29.3 Å². The minimum atomic E-state index is 0.357. The van der Waals surface area contributed by atoms with E-state index in [0.717, 1.165) is 24.9 Å². The largest absolute Gasteiger partial charge is 0.316 e. The third-order valence-electron chi connectivity index (χ3n) is 4.40. The molecule has 0 aliphatic heterocycles. The first-order valence-electron chi connectivity index (χ1n) is 7.53. The van der Waals surface area contributed by atoms with Crippen molar-refractivity contribution in [3.63, 3.8) is 0 Å².